The molecule has 0 saturated heterocycles. The van der Waals surface area contributed by atoms with Crippen molar-refractivity contribution in [3.05, 3.63) is 95.6 Å². The van der Waals surface area contributed by atoms with Gasteiger partial charge in [0.2, 0.25) is 0 Å². The van der Waals surface area contributed by atoms with Crippen LogP contribution in [0.4, 0.5) is 14.5 Å². The van der Waals surface area contributed by atoms with Crippen LogP contribution in [0.1, 0.15) is 11.1 Å². The van der Waals surface area contributed by atoms with E-state index in [0.29, 0.717) is 5.69 Å². The molecule has 0 aliphatic carbocycles. The number of aryl methyl sites for hydroxylation is 1. The Bertz CT molecular complexity index is 1000. The normalized spacial score (nSPS) is 11.3. The van der Waals surface area contributed by atoms with Crippen molar-refractivity contribution in [1.29, 1.82) is 0 Å². The molecule has 0 fully saturated rings. The van der Waals surface area contributed by atoms with E-state index in [1.54, 1.807) is 0 Å². The molecular formula is C20H17F2NO2S. The van der Waals surface area contributed by atoms with Gasteiger partial charge in [-0.15, -0.1) is 0 Å². The number of benzene rings is 3. The first-order valence-corrected chi connectivity index (χ1v) is 9.40. The van der Waals surface area contributed by atoms with Gasteiger partial charge in [0.05, 0.1) is 17.1 Å². The fourth-order valence-electron chi connectivity index (χ4n) is 2.60. The van der Waals surface area contributed by atoms with Gasteiger partial charge in [-0.2, -0.15) is 0 Å². The van der Waals surface area contributed by atoms with Crippen LogP contribution in [0.5, 0.6) is 0 Å². The molecule has 0 spiro atoms. The van der Waals surface area contributed by atoms with Crippen LogP contribution in [0.25, 0.3) is 0 Å². The number of halogens is 2. The third-order valence-electron chi connectivity index (χ3n) is 4.09. The highest BCUT2D eigenvalue weighted by molar-refractivity contribution is 7.92. The van der Waals surface area contributed by atoms with E-state index in [0.717, 1.165) is 23.3 Å². The highest BCUT2D eigenvalue weighted by Gasteiger charge is 2.25. The summed E-state index contributed by atoms with van der Waals surface area (Å²) in [6.07, 6.45) is 0. The molecule has 0 saturated carbocycles. The van der Waals surface area contributed by atoms with E-state index in [4.69, 9.17) is 0 Å². The number of rotatable bonds is 5. The van der Waals surface area contributed by atoms with Crippen molar-refractivity contribution in [3.63, 3.8) is 0 Å². The van der Waals surface area contributed by atoms with Crippen LogP contribution in [0.2, 0.25) is 0 Å². The molecule has 0 amide bonds. The van der Waals surface area contributed by atoms with Crippen LogP contribution in [-0.4, -0.2) is 8.42 Å². The lowest BCUT2D eigenvalue weighted by molar-refractivity contribution is 0.588. The maximum Gasteiger partial charge on any atom is 0.264 e. The number of anilines is 1. The summed E-state index contributed by atoms with van der Waals surface area (Å²) in [5.74, 6) is -0.972. The second kappa shape index (κ2) is 7.25. The Labute approximate surface area is 151 Å². The monoisotopic (exact) mass is 373 g/mol. The lowest BCUT2D eigenvalue weighted by Crippen LogP contribution is -2.30. The van der Waals surface area contributed by atoms with Gasteiger partial charge in [-0.05, 0) is 66.6 Å². The summed E-state index contributed by atoms with van der Waals surface area (Å²) >= 11 is 0. The van der Waals surface area contributed by atoms with E-state index in [-0.39, 0.29) is 11.4 Å². The molecule has 3 aromatic carbocycles. The average Bonchev–Trinajstić information content (AvgIpc) is 2.62. The quantitative estimate of drug-likeness (QED) is 0.652. The largest absolute Gasteiger partial charge is 0.264 e. The number of nitrogens with zero attached hydrogens (tertiary/aromatic N) is 1. The molecule has 26 heavy (non-hydrogen) atoms. The molecule has 134 valence electrons. The zero-order valence-electron chi connectivity index (χ0n) is 14.1. The molecule has 0 aromatic heterocycles. The van der Waals surface area contributed by atoms with E-state index in [1.165, 1.54) is 40.7 Å². The molecule has 6 heteroatoms. The summed E-state index contributed by atoms with van der Waals surface area (Å²) < 4.78 is 54.0. The predicted octanol–water partition coefficient (Wildman–Crippen LogP) is 4.67. The number of hydrogen-bond acceptors (Lipinski definition) is 2. The summed E-state index contributed by atoms with van der Waals surface area (Å²) in [6.45, 7) is 1.97. The first-order valence-electron chi connectivity index (χ1n) is 7.96. The Morgan fingerprint density at radius 2 is 1.35 bits per heavy atom. The van der Waals surface area contributed by atoms with Gasteiger partial charge < -0.3 is 0 Å². The summed E-state index contributed by atoms with van der Waals surface area (Å²) in [7, 11) is -3.95. The van der Waals surface area contributed by atoms with Crippen molar-refractivity contribution >= 4 is 15.7 Å². The molecule has 0 N–H and O–H groups in total. The van der Waals surface area contributed by atoms with Crippen LogP contribution in [0.15, 0.2) is 77.7 Å². The predicted molar refractivity (Wildman–Crippen MR) is 97.3 cm³/mol. The molecule has 3 aromatic rings. The molecule has 3 rings (SSSR count). The number of hydrogen-bond donors (Lipinski definition) is 0. The van der Waals surface area contributed by atoms with Gasteiger partial charge >= 0.3 is 0 Å². The summed E-state index contributed by atoms with van der Waals surface area (Å²) in [5.41, 5.74) is 2.09. The summed E-state index contributed by atoms with van der Waals surface area (Å²) in [4.78, 5) is -0.0307. The fraction of sp³-hybridized carbons (Fsp3) is 0.100. The minimum atomic E-state index is -3.95. The van der Waals surface area contributed by atoms with Crippen molar-refractivity contribution in [2.24, 2.45) is 0 Å². The Kier molecular flexibility index (Phi) is 5.04. The van der Waals surface area contributed by atoms with Crippen molar-refractivity contribution in [2.75, 3.05) is 4.31 Å². The third-order valence-corrected chi connectivity index (χ3v) is 5.88. The summed E-state index contributed by atoms with van der Waals surface area (Å²) in [6, 6.07) is 17.3. The van der Waals surface area contributed by atoms with E-state index in [9.17, 15) is 17.2 Å². The SMILES string of the molecule is Cc1ccccc1CN(c1ccc(F)cc1)S(=O)(=O)c1ccc(F)cc1. The Hall–Kier alpha value is -2.73. The molecule has 0 aliphatic heterocycles. The van der Waals surface area contributed by atoms with E-state index in [1.807, 2.05) is 31.2 Å². The van der Waals surface area contributed by atoms with Crippen molar-refractivity contribution in [1.82, 2.24) is 0 Å². The van der Waals surface area contributed by atoms with Gasteiger partial charge in [0, 0.05) is 0 Å². The van der Waals surface area contributed by atoms with Crippen LogP contribution in [-0.2, 0) is 16.6 Å². The van der Waals surface area contributed by atoms with Crippen molar-refractivity contribution in [3.8, 4) is 0 Å². The van der Waals surface area contributed by atoms with Gasteiger partial charge in [-0.1, -0.05) is 24.3 Å². The van der Waals surface area contributed by atoms with Crippen molar-refractivity contribution < 1.29 is 17.2 Å². The maximum atomic E-state index is 13.3. The molecule has 3 nitrogen and oxygen atoms in total. The van der Waals surface area contributed by atoms with Crippen LogP contribution < -0.4 is 4.31 Å². The zero-order chi connectivity index (χ0) is 18.7. The molecular weight excluding hydrogens is 356 g/mol. The highest BCUT2D eigenvalue weighted by atomic mass is 32.2. The zero-order valence-corrected chi connectivity index (χ0v) is 14.9. The Balaban J connectivity index is 2.09. The average molecular weight is 373 g/mol. The topological polar surface area (TPSA) is 37.4 Å². The second-order valence-electron chi connectivity index (χ2n) is 5.87. The number of sulfonamides is 1. The maximum absolute atomic E-state index is 13.3. The van der Waals surface area contributed by atoms with Crippen LogP contribution in [0.3, 0.4) is 0 Å². The van der Waals surface area contributed by atoms with Gasteiger partial charge in [-0.25, -0.2) is 17.2 Å². The van der Waals surface area contributed by atoms with Gasteiger partial charge in [-0.3, -0.25) is 4.31 Å². The van der Waals surface area contributed by atoms with Gasteiger partial charge in [0.25, 0.3) is 10.0 Å². The molecule has 0 unspecified atom stereocenters. The van der Waals surface area contributed by atoms with Gasteiger partial charge in [0.15, 0.2) is 0 Å². The first kappa shape index (κ1) is 18.1. The van der Waals surface area contributed by atoms with E-state index in [2.05, 4.69) is 0 Å². The molecule has 0 radical (unpaired) electrons. The fourth-order valence-corrected chi connectivity index (χ4v) is 4.04. The van der Waals surface area contributed by atoms with Crippen molar-refractivity contribution in [2.45, 2.75) is 18.4 Å². The van der Waals surface area contributed by atoms with E-state index >= 15 is 0 Å². The van der Waals surface area contributed by atoms with Crippen LogP contribution >= 0.6 is 0 Å². The molecule has 0 heterocycles. The standard InChI is InChI=1S/C20H17F2NO2S/c1-15-4-2-3-5-16(15)14-23(19-10-6-17(21)7-11-19)26(24,25)20-12-8-18(22)9-13-20/h2-13H,14H2,1H3. The Morgan fingerprint density at radius 1 is 0.808 bits per heavy atom. The first-order chi connectivity index (χ1) is 12.4. The molecule has 0 aliphatic rings. The van der Waals surface area contributed by atoms with Gasteiger partial charge in [0.1, 0.15) is 11.6 Å². The summed E-state index contributed by atoms with van der Waals surface area (Å²) in [5, 5.41) is 0. The molecule has 0 atom stereocenters. The second-order valence-corrected chi connectivity index (χ2v) is 7.73. The lowest BCUT2D eigenvalue weighted by Gasteiger charge is -2.25. The lowest BCUT2D eigenvalue weighted by atomic mass is 10.1. The minimum Gasteiger partial charge on any atom is -0.262 e. The van der Waals surface area contributed by atoms with E-state index < -0.39 is 21.7 Å². The van der Waals surface area contributed by atoms with Crippen LogP contribution in [0, 0.1) is 18.6 Å². The minimum absolute atomic E-state index is 0.0307. The Morgan fingerprint density at radius 3 is 1.92 bits per heavy atom. The third kappa shape index (κ3) is 3.75. The highest BCUT2D eigenvalue weighted by Crippen LogP contribution is 2.27. The molecule has 0 bridgehead atoms. The smallest absolute Gasteiger partial charge is 0.262 e.